The molecule has 3 rings (SSSR count). The van der Waals surface area contributed by atoms with Crippen LogP contribution in [0.4, 0.5) is 4.79 Å². The Bertz CT molecular complexity index is 731. The van der Waals surface area contributed by atoms with Crippen molar-refractivity contribution in [3.05, 3.63) is 27.1 Å². The molecule has 0 unspecified atom stereocenters. The SMILES string of the molecule is O=C([O-])CN1C(=O)S/C(=C\c2cc3c(cc2Br)OCO3)C1=O. The van der Waals surface area contributed by atoms with Gasteiger partial charge in [-0.05, 0) is 35.5 Å². The van der Waals surface area contributed by atoms with E-state index < -0.39 is 23.7 Å². The molecule has 114 valence electrons. The number of carbonyl (C=O) groups is 3. The summed E-state index contributed by atoms with van der Waals surface area (Å²) in [6, 6.07) is 3.36. The Morgan fingerprint density at radius 3 is 2.73 bits per heavy atom. The van der Waals surface area contributed by atoms with Gasteiger partial charge in [-0.15, -0.1) is 0 Å². The van der Waals surface area contributed by atoms with Gasteiger partial charge in [0.1, 0.15) is 0 Å². The fraction of sp³-hybridized carbons (Fsp3) is 0.154. The number of hydrogen-bond acceptors (Lipinski definition) is 7. The van der Waals surface area contributed by atoms with Crippen molar-refractivity contribution in [2.75, 3.05) is 13.3 Å². The Morgan fingerprint density at radius 1 is 1.36 bits per heavy atom. The van der Waals surface area contributed by atoms with Crippen LogP contribution >= 0.6 is 27.7 Å². The summed E-state index contributed by atoms with van der Waals surface area (Å²) in [6.07, 6.45) is 1.49. The summed E-state index contributed by atoms with van der Waals surface area (Å²) in [4.78, 5) is 35.1. The molecular formula is C13H7BrNO6S-. The van der Waals surface area contributed by atoms with E-state index in [1.165, 1.54) is 6.08 Å². The van der Waals surface area contributed by atoms with E-state index >= 15 is 0 Å². The smallest absolute Gasteiger partial charge is 0.293 e. The number of halogens is 1. The maximum atomic E-state index is 12.1. The van der Waals surface area contributed by atoms with Crippen molar-refractivity contribution in [3.8, 4) is 11.5 Å². The molecule has 1 aromatic carbocycles. The second-order valence-corrected chi connectivity index (χ2v) is 6.21. The molecule has 0 atom stereocenters. The van der Waals surface area contributed by atoms with Gasteiger partial charge in [0.15, 0.2) is 11.5 Å². The molecule has 22 heavy (non-hydrogen) atoms. The van der Waals surface area contributed by atoms with Crippen molar-refractivity contribution < 1.29 is 29.0 Å². The van der Waals surface area contributed by atoms with Crippen LogP contribution in [0.2, 0.25) is 0 Å². The summed E-state index contributed by atoms with van der Waals surface area (Å²) in [6.45, 7) is -0.641. The number of carboxylic acid groups (broad SMARTS) is 1. The number of nitrogens with zero attached hydrogens (tertiary/aromatic N) is 1. The topological polar surface area (TPSA) is 96.0 Å². The molecule has 0 N–H and O–H groups in total. The third-order valence-electron chi connectivity index (χ3n) is 2.94. The largest absolute Gasteiger partial charge is 0.548 e. The molecule has 1 aromatic rings. The Hall–Kier alpha value is -2.00. The zero-order chi connectivity index (χ0) is 15.9. The maximum Gasteiger partial charge on any atom is 0.293 e. The number of ether oxygens (including phenoxy) is 2. The number of hydrogen-bond donors (Lipinski definition) is 0. The molecule has 0 spiro atoms. The fourth-order valence-electron chi connectivity index (χ4n) is 1.95. The van der Waals surface area contributed by atoms with Crippen molar-refractivity contribution in [1.82, 2.24) is 4.90 Å². The Balaban J connectivity index is 1.91. The molecule has 0 radical (unpaired) electrons. The highest BCUT2D eigenvalue weighted by Gasteiger charge is 2.35. The van der Waals surface area contributed by atoms with Crippen LogP contribution < -0.4 is 14.6 Å². The number of thioether (sulfide) groups is 1. The van der Waals surface area contributed by atoms with Gasteiger partial charge >= 0.3 is 0 Å². The van der Waals surface area contributed by atoms with Crippen LogP contribution in [-0.2, 0) is 9.59 Å². The molecule has 0 bridgehead atoms. The zero-order valence-electron chi connectivity index (χ0n) is 10.8. The molecule has 2 aliphatic rings. The zero-order valence-corrected chi connectivity index (χ0v) is 13.2. The lowest BCUT2D eigenvalue weighted by atomic mass is 10.2. The summed E-state index contributed by atoms with van der Waals surface area (Å²) >= 11 is 4.02. The lowest BCUT2D eigenvalue weighted by molar-refractivity contribution is -0.305. The van der Waals surface area contributed by atoms with E-state index in [9.17, 15) is 19.5 Å². The first-order valence-corrected chi connectivity index (χ1v) is 7.61. The molecule has 1 saturated heterocycles. The van der Waals surface area contributed by atoms with Crippen LogP contribution in [0.25, 0.3) is 6.08 Å². The highest BCUT2D eigenvalue weighted by Crippen LogP contribution is 2.39. The summed E-state index contributed by atoms with van der Waals surface area (Å²) < 4.78 is 11.1. The second-order valence-electron chi connectivity index (χ2n) is 4.37. The van der Waals surface area contributed by atoms with Gasteiger partial charge in [-0.25, -0.2) is 0 Å². The summed E-state index contributed by atoms with van der Waals surface area (Å²) in [5.74, 6) is -1.05. The average molecular weight is 385 g/mol. The van der Waals surface area contributed by atoms with E-state index in [-0.39, 0.29) is 11.7 Å². The van der Waals surface area contributed by atoms with Crippen LogP contribution in [0.3, 0.4) is 0 Å². The summed E-state index contributed by atoms with van der Waals surface area (Å²) in [5.41, 5.74) is 0.614. The number of carbonyl (C=O) groups excluding carboxylic acids is 3. The van der Waals surface area contributed by atoms with E-state index in [0.29, 0.717) is 38.2 Å². The quantitative estimate of drug-likeness (QED) is 0.716. The monoisotopic (exact) mass is 384 g/mol. The van der Waals surface area contributed by atoms with Crippen molar-refractivity contribution >= 4 is 50.9 Å². The van der Waals surface area contributed by atoms with Crippen LogP contribution in [0.5, 0.6) is 11.5 Å². The predicted octanol–water partition coefficient (Wildman–Crippen LogP) is 0.964. The first-order valence-electron chi connectivity index (χ1n) is 6.00. The number of aliphatic carboxylic acids is 1. The first-order chi connectivity index (χ1) is 10.5. The number of fused-ring (bicyclic) bond motifs is 1. The summed E-state index contributed by atoms with van der Waals surface area (Å²) in [7, 11) is 0. The van der Waals surface area contributed by atoms with Gasteiger partial charge in [-0.3, -0.25) is 14.5 Å². The minimum absolute atomic E-state index is 0.118. The van der Waals surface area contributed by atoms with Crippen LogP contribution in [0.1, 0.15) is 5.56 Å². The van der Waals surface area contributed by atoms with Gasteiger partial charge in [0.2, 0.25) is 6.79 Å². The standard InChI is InChI=1S/C13H8BrNO6S/c14-7-3-9-8(20-5-21-9)1-6(7)2-10-12(18)15(4-11(16)17)13(19)22-10/h1-3H,4-5H2,(H,16,17)/p-1/b10-2-. The van der Waals surface area contributed by atoms with Crippen LogP contribution in [0, 0.1) is 0 Å². The van der Waals surface area contributed by atoms with Gasteiger partial charge < -0.3 is 19.4 Å². The van der Waals surface area contributed by atoms with E-state index in [2.05, 4.69) is 15.9 Å². The normalized spacial score (nSPS) is 18.4. The fourth-order valence-corrected chi connectivity index (χ4v) is 3.22. The average Bonchev–Trinajstić information content (AvgIpc) is 2.99. The molecular weight excluding hydrogens is 378 g/mol. The van der Waals surface area contributed by atoms with Gasteiger partial charge in [0.05, 0.1) is 17.4 Å². The molecule has 1 fully saturated rings. The number of carboxylic acids is 1. The number of rotatable bonds is 3. The van der Waals surface area contributed by atoms with Gasteiger partial charge in [0.25, 0.3) is 11.1 Å². The van der Waals surface area contributed by atoms with E-state index in [0.717, 1.165) is 0 Å². The van der Waals surface area contributed by atoms with E-state index in [4.69, 9.17) is 9.47 Å². The summed E-state index contributed by atoms with van der Waals surface area (Å²) in [5, 5.41) is 9.93. The molecule has 2 heterocycles. The Labute approximate surface area is 137 Å². The number of imide groups is 1. The lowest BCUT2D eigenvalue weighted by Gasteiger charge is -2.12. The number of benzene rings is 1. The highest BCUT2D eigenvalue weighted by molar-refractivity contribution is 9.10. The minimum atomic E-state index is -1.49. The Morgan fingerprint density at radius 2 is 2.05 bits per heavy atom. The highest BCUT2D eigenvalue weighted by atomic mass is 79.9. The van der Waals surface area contributed by atoms with Crippen LogP contribution in [-0.4, -0.2) is 35.4 Å². The van der Waals surface area contributed by atoms with Crippen molar-refractivity contribution in [2.24, 2.45) is 0 Å². The third-order valence-corrected chi connectivity index (χ3v) is 4.53. The molecule has 2 aliphatic heterocycles. The van der Waals surface area contributed by atoms with Gasteiger partial charge in [-0.2, -0.15) is 0 Å². The van der Waals surface area contributed by atoms with Crippen molar-refractivity contribution in [2.45, 2.75) is 0 Å². The molecule has 0 saturated carbocycles. The second kappa shape index (κ2) is 5.65. The van der Waals surface area contributed by atoms with E-state index in [1.807, 2.05) is 0 Å². The molecule has 7 nitrogen and oxygen atoms in total. The first kappa shape index (κ1) is 14.9. The minimum Gasteiger partial charge on any atom is -0.548 e. The van der Waals surface area contributed by atoms with Gasteiger partial charge in [-0.1, -0.05) is 15.9 Å². The van der Waals surface area contributed by atoms with E-state index in [1.54, 1.807) is 12.1 Å². The molecule has 2 amide bonds. The predicted molar refractivity (Wildman–Crippen MR) is 77.9 cm³/mol. The van der Waals surface area contributed by atoms with Crippen molar-refractivity contribution in [1.29, 1.82) is 0 Å². The third kappa shape index (κ3) is 2.69. The maximum absolute atomic E-state index is 12.1. The Kier molecular flexibility index (Phi) is 3.83. The molecule has 9 heteroatoms. The molecule has 0 aromatic heterocycles. The number of amides is 2. The van der Waals surface area contributed by atoms with Crippen LogP contribution in [0.15, 0.2) is 21.5 Å². The lowest BCUT2D eigenvalue weighted by Crippen LogP contribution is -2.40. The van der Waals surface area contributed by atoms with Crippen molar-refractivity contribution in [3.63, 3.8) is 0 Å². The van der Waals surface area contributed by atoms with Gasteiger partial charge in [0, 0.05) is 4.47 Å². The molecule has 0 aliphatic carbocycles.